The Morgan fingerprint density at radius 2 is 2.19 bits per heavy atom. The maximum absolute atomic E-state index is 11.0. The molecule has 5 heteroatoms. The molecule has 4 nitrogen and oxygen atoms in total. The highest BCUT2D eigenvalue weighted by Gasteiger charge is 2.08. The zero-order valence-corrected chi connectivity index (χ0v) is 10.2. The van der Waals surface area contributed by atoms with E-state index in [1.165, 1.54) is 0 Å². The third kappa shape index (κ3) is 1.99. The lowest BCUT2D eigenvalue weighted by Crippen LogP contribution is -2.10. The van der Waals surface area contributed by atoms with E-state index < -0.39 is 5.91 Å². The molecule has 1 aromatic carbocycles. The van der Waals surface area contributed by atoms with E-state index in [2.05, 4.69) is 21.0 Å². The molecule has 1 aromatic heterocycles. The largest absolute Gasteiger partial charge is 0.366 e. The molecule has 2 N–H and O–H groups in total. The summed E-state index contributed by atoms with van der Waals surface area (Å²) in [6.07, 6.45) is 1.86. The van der Waals surface area contributed by atoms with Crippen molar-refractivity contribution in [2.75, 3.05) is 0 Å². The fraction of sp³-hybridized carbons (Fsp3) is 0.0909. The predicted molar refractivity (Wildman–Crippen MR) is 64.9 cm³/mol. The second kappa shape index (κ2) is 4.09. The molecule has 82 valence electrons. The molecule has 2 aromatic rings. The Bertz CT molecular complexity index is 548. The van der Waals surface area contributed by atoms with Gasteiger partial charge >= 0.3 is 0 Å². The van der Waals surface area contributed by atoms with Gasteiger partial charge in [-0.2, -0.15) is 5.10 Å². The average molecular weight is 280 g/mol. The zero-order chi connectivity index (χ0) is 11.7. The SMILES string of the molecule is Cn1ccc(-c2ccc(C(N)=O)cc2Br)n1. The van der Waals surface area contributed by atoms with E-state index in [1.54, 1.807) is 16.8 Å². The number of hydrogen-bond donors (Lipinski definition) is 1. The maximum Gasteiger partial charge on any atom is 0.248 e. The normalized spacial score (nSPS) is 10.4. The van der Waals surface area contributed by atoms with E-state index >= 15 is 0 Å². The van der Waals surface area contributed by atoms with Crippen LogP contribution in [0, 0.1) is 0 Å². The molecule has 0 saturated heterocycles. The molecule has 1 amide bonds. The molecule has 0 spiro atoms. The summed E-state index contributed by atoms with van der Waals surface area (Å²) >= 11 is 3.40. The summed E-state index contributed by atoms with van der Waals surface area (Å²) in [5, 5.41) is 4.29. The van der Waals surface area contributed by atoms with E-state index in [9.17, 15) is 4.79 Å². The lowest BCUT2D eigenvalue weighted by atomic mass is 10.1. The summed E-state index contributed by atoms with van der Waals surface area (Å²) in [4.78, 5) is 11.0. The van der Waals surface area contributed by atoms with E-state index in [1.807, 2.05) is 25.4 Å². The second-order valence-corrected chi connectivity index (χ2v) is 4.29. The van der Waals surface area contributed by atoms with Crippen molar-refractivity contribution in [1.82, 2.24) is 9.78 Å². The molecule has 0 atom stereocenters. The molecule has 1 heterocycles. The molecule has 16 heavy (non-hydrogen) atoms. The lowest BCUT2D eigenvalue weighted by Gasteiger charge is -2.02. The Kier molecular flexibility index (Phi) is 2.78. The van der Waals surface area contributed by atoms with Crippen molar-refractivity contribution in [2.45, 2.75) is 0 Å². The number of carbonyl (C=O) groups excluding carboxylic acids is 1. The minimum atomic E-state index is -0.437. The first-order chi connectivity index (χ1) is 7.58. The zero-order valence-electron chi connectivity index (χ0n) is 8.64. The van der Waals surface area contributed by atoms with Crippen LogP contribution in [0.3, 0.4) is 0 Å². The van der Waals surface area contributed by atoms with Crippen molar-refractivity contribution < 1.29 is 4.79 Å². The molecule has 0 aliphatic heterocycles. The van der Waals surface area contributed by atoms with Crippen LogP contribution in [0.25, 0.3) is 11.3 Å². The maximum atomic E-state index is 11.0. The summed E-state index contributed by atoms with van der Waals surface area (Å²) in [7, 11) is 1.86. The minimum absolute atomic E-state index is 0.437. The molecular formula is C11H10BrN3O. The third-order valence-corrected chi connectivity index (χ3v) is 2.90. The van der Waals surface area contributed by atoms with Crippen molar-refractivity contribution in [1.29, 1.82) is 0 Å². The lowest BCUT2D eigenvalue weighted by molar-refractivity contribution is 0.100. The summed E-state index contributed by atoms with van der Waals surface area (Å²) in [6.45, 7) is 0. The molecule has 0 fully saturated rings. The van der Waals surface area contributed by atoms with Crippen molar-refractivity contribution in [3.63, 3.8) is 0 Å². The van der Waals surface area contributed by atoms with Crippen LogP contribution in [-0.2, 0) is 7.05 Å². The number of nitrogens with zero attached hydrogens (tertiary/aromatic N) is 2. The first-order valence-corrected chi connectivity index (χ1v) is 5.46. The highest BCUT2D eigenvalue weighted by molar-refractivity contribution is 9.10. The van der Waals surface area contributed by atoms with Gasteiger partial charge in [0.1, 0.15) is 0 Å². The number of primary amides is 1. The van der Waals surface area contributed by atoms with E-state index in [0.717, 1.165) is 15.7 Å². The van der Waals surface area contributed by atoms with Gasteiger partial charge in [0.25, 0.3) is 0 Å². The number of rotatable bonds is 2. The Morgan fingerprint density at radius 3 is 2.69 bits per heavy atom. The minimum Gasteiger partial charge on any atom is -0.366 e. The number of halogens is 1. The van der Waals surface area contributed by atoms with Gasteiger partial charge in [-0.25, -0.2) is 0 Å². The molecule has 2 rings (SSSR count). The Hall–Kier alpha value is -1.62. The number of benzene rings is 1. The van der Waals surface area contributed by atoms with Crippen molar-refractivity contribution in [2.24, 2.45) is 12.8 Å². The van der Waals surface area contributed by atoms with Crippen LogP contribution in [0.4, 0.5) is 0 Å². The molecule has 0 aliphatic carbocycles. The Labute approximate surface area is 101 Å². The van der Waals surface area contributed by atoms with Crippen molar-refractivity contribution in [3.8, 4) is 11.3 Å². The molecule has 0 radical (unpaired) electrons. The van der Waals surface area contributed by atoms with Crippen LogP contribution in [0.5, 0.6) is 0 Å². The van der Waals surface area contributed by atoms with Crippen LogP contribution >= 0.6 is 15.9 Å². The summed E-state index contributed by atoms with van der Waals surface area (Å²) in [6, 6.07) is 7.12. The van der Waals surface area contributed by atoms with Gasteiger partial charge in [0, 0.05) is 28.8 Å². The number of amides is 1. The van der Waals surface area contributed by atoms with Crippen LogP contribution < -0.4 is 5.73 Å². The van der Waals surface area contributed by atoms with Gasteiger partial charge < -0.3 is 5.73 Å². The topological polar surface area (TPSA) is 60.9 Å². The molecular weight excluding hydrogens is 270 g/mol. The van der Waals surface area contributed by atoms with Gasteiger partial charge in [0.05, 0.1) is 5.69 Å². The molecule has 0 unspecified atom stereocenters. The summed E-state index contributed by atoms with van der Waals surface area (Å²) < 4.78 is 2.53. The van der Waals surface area contributed by atoms with Gasteiger partial charge in [-0.15, -0.1) is 0 Å². The monoisotopic (exact) mass is 279 g/mol. The highest BCUT2D eigenvalue weighted by atomic mass is 79.9. The quantitative estimate of drug-likeness (QED) is 0.913. The summed E-state index contributed by atoms with van der Waals surface area (Å²) in [5.41, 5.74) is 7.46. The number of nitrogens with two attached hydrogens (primary N) is 1. The van der Waals surface area contributed by atoms with Crippen molar-refractivity contribution in [3.05, 3.63) is 40.5 Å². The Morgan fingerprint density at radius 1 is 1.44 bits per heavy atom. The van der Waals surface area contributed by atoms with E-state index in [0.29, 0.717) is 5.56 Å². The van der Waals surface area contributed by atoms with Gasteiger partial charge in [-0.05, 0) is 18.2 Å². The van der Waals surface area contributed by atoms with Crippen molar-refractivity contribution >= 4 is 21.8 Å². The summed E-state index contributed by atoms with van der Waals surface area (Å²) in [5.74, 6) is -0.437. The van der Waals surface area contributed by atoms with Crippen LogP contribution in [0.2, 0.25) is 0 Å². The smallest absolute Gasteiger partial charge is 0.248 e. The first kappa shape index (κ1) is 10.9. The standard InChI is InChI=1S/C11H10BrN3O/c1-15-5-4-10(14-15)8-3-2-7(11(13)16)6-9(8)12/h2-6H,1H3,(H2,13,16). The van der Waals surface area contributed by atoms with E-state index in [4.69, 9.17) is 5.73 Å². The van der Waals surface area contributed by atoms with Gasteiger partial charge in [0.15, 0.2) is 0 Å². The average Bonchev–Trinajstić information content (AvgIpc) is 2.64. The van der Waals surface area contributed by atoms with Crippen LogP contribution in [-0.4, -0.2) is 15.7 Å². The predicted octanol–water partition coefficient (Wildman–Crippen LogP) is 1.95. The van der Waals surface area contributed by atoms with Gasteiger partial charge in [-0.1, -0.05) is 22.0 Å². The Balaban J connectivity index is 2.47. The number of hydrogen-bond acceptors (Lipinski definition) is 2. The van der Waals surface area contributed by atoms with Crippen LogP contribution in [0.15, 0.2) is 34.9 Å². The van der Waals surface area contributed by atoms with Gasteiger partial charge in [0.2, 0.25) is 5.91 Å². The van der Waals surface area contributed by atoms with E-state index in [-0.39, 0.29) is 0 Å². The fourth-order valence-electron chi connectivity index (χ4n) is 1.43. The molecule has 0 aliphatic rings. The van der Waals surface area contributed by atoms with Gasteiger partial charge in [-0.3, -0.25) is 9.48 Å². The highest BCUT2D eigenvalue weighted by Crippen LogP contribution is 2.27. The fourth-order valence-corrected chi connectivity index (χ4v) is 2.02. The number of aromatic nitrogens is 2. The van der Waals surface area contributed by atoms with Crippen LogP contribution in [0.1, 0.15) is 10.4 Å². The number of carbonyl (C=O) groups is 1. The molecule has 0 saturated carbocycles. The third-order valence-electron chi connectivity index (χ3n) is 2.24. The first-order valence-electron chi connectivity index (χ1n) is 4.67. The number of aryl methyl sites for hydroxylation is 1. The molecule has 0 bridgehead atoms. The second-order valence-electron chi connectivity index (χ2n) is 3.43.